The van der Waals surface area contributed by atoms with Gasteiger partial charge in [-0.1, -0.05) is 18.2 Å². The lowest BCUT2D eigenvalue weighted by molar-refractivity contribution is 0.252. The lowest BCUT2D eigenvalue weighted by atomic mass is 10.1. The van der Waals surface area contributed by atoms with E-state index in [4.69, 9.17) is 0 Å². The predicted molar refractivity (Wildman–Crippen MR) is 80.6 cm³/mol. The molecule has 21 heavy (non-hydrogen) atoms. The van der Waals surface area contributed by atoms with Crippen molar-refractivity contribution < 1.29 is 15.0 Å². The molecular formula is C15H15N3O3. The first-order valence-electron chi connectivity index (χ1n) is 6.25. The smallest absolute Gasteiger partial charge is 0.339 e. The van der Waals surface area contributed by atoms with E-state index in [9.17, 15) is 15.0 Å². The second-order valence-corrected chi connectivity index (χ2v) is 4.33. The third-order valence-corrected chi connectivity index (χ3v) is 2.73. The number of carbonyl (C=O) groups excluding carboxylic acids is 1. The summed E-state index contributed by atoms with van der Waals surface area (Å²) in [5.74, 6) is -0.152. The molecule has 0 heterocycles. The minimum Gasteiger partial charge on any atom is -0.508 e. The Morgan fingerprint density at radius 2 is 1.81 bits per heavy atom. The first-order valence-corrected chi connectivity index (χ1v) is 6.25. The van der Waals surface area contributed by atoms with Gasteiger partial charge >= 0.3 is 6.03 Å². The molecule has 2 rings (SSSR count). The molecule has 0 aliphatic carbocycles. The van der Waals surface area contributed by atoms with Gasteiger partial charge in [0.15, 0.2) is 0 Å². The fraction of sp³-hybridized carbons (Fsp3) is 0.0667. The van der Waals surface area contributed by atoms with Gasteiger partial charge in [-0.05, 0) is 31.2 Å². The van der Waals surface area contributed by atoms with Gasteiger partial charge < -0.3 is 15.5 Å². The Kier molecular flexibility index (Phi) is 4.40. The highest BCUT2D eigenvalue weighted by atomic mass is 16.3. The Hall–Kier alpha value is -3.02. The minimum absolute atomic E-state index is 0.0428. The lowest BCUT2D eigenvalue weighted by Crippen LogP contribution is -2.25. The molecule has 0 aromatic heterocycles. The Morgan fingerprint density at radius 3 is 2.48 bits per heavy atom. The van der Waals surface area contributed by atoms with E-state index < -0.39 is 6.03 Å². The molecule has 4 N–H and O–H groups in total. The van der Waals surface area contributed by atoms with Crippen molar-refractivity contribution in [2.75, 3.05) is 5.32 Å². The van der Waals surface area contributed by atoms with Crippen LogP contribution in [0, 0.1) is 0 Å². The van der Waals surface area contributed by atoms with E-state index in [0.717, 1.165) is 0 Å². The van der Waals surface area contributed by atoms with Crippen LogP contribution in [0.15, 0.2) is 53.6 Å². The van der Waals surface area contributed by atoms with Crippen LogP contribution in [0.25, 0.3) is 0 Å². The average Bonchev–Trinajstić information content (AvgIpc) is 2.46. The van der Waals surface area contributed by atoms with Crippen LogP contribution < -0.4 is 10.7 Å². The van der Waals surface area contributed by atoms with Gasteiger partial charge in [-0.3, -0.25) is 0 Å². The van der Waals surface area contributed by atoms with Crippen molar-refractivity contribution in [1.29, 1.82) is 0 Å². The fourth-order valence-electron chi connectivity index (χ4n) is 1.70. The number of amides is 2. The van der Waals surface area contributed by atoms with Gasteiger partial charge in [0.25, 0.3) is 0 Å². The summed E-state index contributed by atoms with van der Waals surface area (Å²) in [6, 6.07) is 12.6. The molecule has 0 aliphatic rings. The molecule has 2 amide bonds. The molecule has 0 atom stereocenters. The Labute approximate surface area is 121 Å². The number of para-hydroxylation sites is 1. The predicted octanol–water partition coefficient (Wildman–Crippen LogP) is 2.64. The molecule has 0 fully saturated rings. The highest BCUT2D eigenvalue weighted by Gasteiger charge is 2.06. The maximum absolute atomic E-state index is 11.7. The quantitative estimate of drug-likeness (QED) is 0.516. The minimum atomic E-state index is -0.487. The molecule has 0 spiro atoms. The van der Waals surface area contributed by atoms with E-state index in [1.807, 2.05) is 6.07 Å². The van der Waals surface area contributed by atoms with Crippen LogP contribution in [0.4, 0.5) is 10.5 Å². The molecule has 6 nitrogen and oxygen atoms in total. The van der Waals surface area contributed by atoms with Gasteiger partial charge in [-0.25, -0.2) is 10.2 Å². The highest BCUT2D eigenvalue weighted by molar-refractivity contribution is 6.02. The Morgan fingerprint density at radius 1 is 1.10 bits per heavy atom. The van der Waals surface area contributed by atoms with E-state index >= 15 is 0 Å². The highest BCUT2D eigenvalue weighted by Crippen LogP contribution is 2.22. The number of nitrogens with one attached hydrogen (secondary N) is 2. The van der Waals surface area contributed by atoms with Gasteiger partial charge in [0.1, 0.15) is 11.5 Å². The fourth-order valence-corrected chi connectivity index (χ4v) is 1.70. The molecule has 0 saturated heterocycles. The number of phenols is 2. The van der Waals surface area contributed by atoms with Crippen molar-refractivity contribution in [2.45, 2.75) is 6.92 Å². The number of hydrazone groups is 1. The van der Waals surface area contributed by atoms with Gasteiger partial charge in [0.2, 0.25) is 0 Å². The molecule has 0 aliphatic heterocycles. The standard InChI is InChI=1S/C15H15N3O3/c1-10(13-8-7-12(19)9-14(13)20)17-18-15(21)16-11-5-3-2-4-6-11/h2-9,19-20H,1H3,(H2,16,18,21)/b17-10+. The number of benzene rings is 2. The number of carbonyl (C=O) groups is 1. The number of rotatable bonds is 3. The summed E-state index contributed by atoms with van der Waals surface area (Å²) in [5, 5.41) is 25.4. The molecule has 0 bridgehead atoms. The molecule has 0 saturated carbocycles. The molecule has 2 aromatic rings. The van der Waals surface area contributed by atoms with Gasteiger partial charge in [0.05, 0.1) is 5.71 Å². The number of hydrogen-bond acceptors (Lipinski definition) is 4. The number of nitrogens with zero attached hydrogens (tertiary/aromatic N) is 1. The number of aromatic hydroxyl groups is 2. The summed E-state index contributed by atoms with van der Waals surface area (Å²) in [6.45, 7) is 1.63. The third-order valence-electron chi connectivity index (χ3n) is 2.73. The van der Waals surface area contributed by atoms with Crippen LogP contribution in [-0.2, 0) is 0 Å². The van der Waals surface area contributed by atoms with Crippen LogP contribution in [0.5, 0.6) is 11.5 Å². The Balaban J connectivity index is 2.01. The van der Waals surface area contributed by atoms with E-state index in [-0.39, 0.29) is 11.5 Å². The zero-order chi connectivity index (χ0) is 15.2. The Bertz CT molecular complexity index is 669. The normalized spacial score (nSPS) is 11.0. The van der Waals surface area contributed by atoms with Crippen LogP contribution >= 0.6 is 0 Å². The monoisotopic (exact) mass is 285 g/mol. The van der Waals surface area contributed by atoms with Gasteiger partial charge in [0, 0.05) is 17.3 Å². The maximum atomic E-state index is 11.7. The first kappa shape index (κ1) is 14.4. The number of urea groups is 1. The van der Waals surface area contributed by atoms with Crippen molar-refractivity contribution >= 4 is 17.4 Å². The number of hydrogen-bond donors (Lipinski definition) is 4. The number of anilines is 1. The van der Waals surface area contributed by atoms with Crippen LogP contribution in [0.2, 0.25) is 0 Å². The molecule has 108 valence electrons. The van der Waals surface area contributed by atoms with E-state index in [0.29, 0.717) is 17.0 Å². The van der Waals surface area contributed by atoms with Crippen molar-refractivity contribution in [3.8, 4) is 11.5 Å². The van der Waals surface area contributed by atoms with Crippen LogP contribution in [-0.4, -0.2) is 22.0 Å². The van der Waals surface area contributed by atoms with Crippen molar-refractivity contribution in [1.82, 2.24) is 5.43 Å². The van der Waals surface area contributed by atoms with Crippen LogP contribution in [0.3, 0.4) is 0 Å². The second-order valence-electron chi connectivity index (χ2n) is 4.33. The van der Waals surface area contributed by atoms with E-state index in [1.54, 1.807) is 31.2 Å². The zero-order valence-electron chi connectivity index (χ0n) is 11.4. The van der Waals surface area contributed by atoms with Crippen molar-refractivity contribution in [2.24, 2.45) is 5.10 Å². The molecule has 0 unspecified atom stereocenters. The molecule has 0 radical (unpaired) electrons. The largest absolute Gasteiger partial charge is 0.508 e. The van der Waals surface area contributed by atoms with Crippen molar-refractivity contribution in [3.05, 3.63) is 54.1 Å². The maximum Gasteiger partial charge on any atom is 0.339 e. The van der Waals surface area contributed by atoms with E-state index in [2.05, 4.69) is 15.8 Å². The van der Waals surface area contributed by atoms with E-state index in [1.165, 1.54) is 18.2 Å². The summed E-state index contributed by atoms with van der Waals surface area (Å²) >= 11 is 0. The van der Waals surface area contributed by atoms with Crippen LogP contribution in [0.1, 0.15) is 12.5 Å². The summed E-state index contributed by atoms with van der Waals surface area (Å²) < 4.78 is 0. The summed E-state index contributed by atoms with van der Waals surface area (Å²) in [7, 11) is 0. The van der Waals surface area contributed by atoms with Crippen molar-refractivity contribution in [3.63, 3.8) is 0 Å². The summed E-state index contributed by atoms with van der Waals surface area (Å²) in [6.07, 6.45) is 0. The molecular weight excluding hydrogens is 270 g/mol. The van der Waals surface area contributed by atoms with Gasteiger partial charge in [-0.2, -0.15) is 5.10 Å². The number of phenolic OH excluding ortho intramolecular Hbond substituents is 2. The summed E-state index contributed by atoms with van der Waals surface area (Å²) in [5.41, 5.74) is 3.82. The SMILES string of the molecule is C/C(=N\NC(=O)Nc1ccccc1)c1ccc(O)cc1O. The average molecular weight is 285 g/mol. The first-order chi connectivity index (χ1) is 10.1. The zero-order valence-corrected chi connectivity index (χ0v) is 11.4. The lowest BCUT2D eigenvalue weighted by Gasteiger charge is -2.06. The molecule has 2 aromatic carbocycles. The van der Waals surface area contributed by atoms with Gasteiger partial charge in [-0.15, -0.1) is 0 Å². The third kappa shape index (κ3) is 3.97. The topological polar surface area (TPSA) is 94.0 Å². The molecule has 6 heteroatoms. The second kappa shape index (κ2) is 6.42. The summed E-state index contributed by atoms with van der Waals surface area (Å²) in [4.78, 5) is 11.7.